The molecule has 0 radical (unpaired) electrons. The highest BCUT2D eigenvalue weighted by atomic mass is 16.5. The summed E-state index contributed by atoms with van der Waals surface area (Å²) in [5.41, 5.74) is 0. The summed E-state index contributed by atoms with van der Waals surface area (Å²) in [7, 11) is 1.65. The van der Waals surface area contributed by atoms with Crippen LogP contribution in [0.5, 0.6) is 0 Å². The molecule has 1 amide bonds. The maximum absolute atomic E-state index is 11.7. The van der Waals surface area contributed by atoms with Gasteiger partial charge in [0.15, 0.2) is 5.82 Å². The number of hydrogen-bond acceptors (Lipinski definition) is 6. The molecule has 118 valence electrons. The van der Waals surface area contributed by atoms with Crippen molar-refractivity contribution in [1.29, 1.82) is 0 Å². The van der Waals surface area contributed by atoms with Gasteiger partial charge < -0.3 is 14.2 Å². The van der Waals surface area contributed by atoms with Gasteiger partial charge in [-0.2, -0.15) is 4.98 Å². The van der Waals surface area contributed by atoms with E-state index in [4.69, 9.17) is 9.26 Å². The van der Waals surface area contributed by atoms with Crippen molar-refractivity contribution in [3.63, 3.8) is 0 Å². The number of ether oxygens (including phenoxy) is 1. The number of carbonyl (C=O) groups is 1. The Hall–Kier alpha value is -1.47. The molecule has 0 N–H and O–H groups in total. The number of rotatable bonds is 6. The van der Waals surface area contributed by atoms with Gasteiger partial charge in [-0.25, -0.2) is 0 Å². The topological polar surface area (TPSA) is 71.7 Å². The van der Waals surface area contributed by atoms with E-state index in [0.29, 0.717) is 37.7 Å². The van der Waals surface area contributed by atoms with E-state index in [1.54, 1.807) is 7.11 Å². The van der Waals surface area contributed by atoms with Crippen LogP contribution in [0, 0.1) is 0 Å². The van der Waals surface area contributed by atoms with Crippen molar-refractivity contribution in [3.8, 4) is 0 Å². The lowest BCUT2D eigenvalue weighted by Crippen LogP contribution is -2.34. The highest BCUT2D eigenvalue weighted by Crippen LogP contribution is 2.09. The molecule has 21 heavy (non-hydrogen) atoms. The molecule has 0 aliphatic carbocycles. The zero-order valence-electron chi connectivity index (χ0n) is 12.9. The maximum Gasteiger partial charge on any atom is 0.240 e. The van der Waals surface area contributed by atoms with E-state index in [-0.39, 0.29) is 5.91 Å². The van der Waals surface area contributed by atoms with Crippen molar-refractivity contribution in [2.24, 2.45) is 0 Å². The van der Waals surface area contributed by atoms with Crippen LogP contribution < -0.4 is 0 Å². The van der Waals surface area contributed by atoms with E-state index in [9.17, 15) is 4.79 Å². The fraction of sp³-hybridized carbons (Fsp3) is 0.786. The molecular weight excluding hydrogens is 272 g/mol. The van der Waals surface area contributed by atoms with Crippen LogP contribution >= 0.6 is 0 Å². The van der Waals surface area contributed by atoms with Gasteiger partial charge >= 0.3 is 0 Å². The number of amides is 1. The monoisotopic (exact) mass is 296 g/mol. The number of nitrogens with zero attached hydrogens (tertiary/aromatic N) is 4. The highest BCUT2D eigenvalue weighted by molar-refractivity contribution is 5.75. The van der Waals surface area contributed by atoms with Gasteiger partial charge in [0.25, 0.3) is 0 Å². The second-order valence-electron chi connectivity index (χ2n) is 5.21. The average molecular weight is 296 g/mol. The fourth-order valence-corrected chi connectivity index (χ4v) is 2.44. The number of methoxy groups -OCH3 is 1. The normalized spacial score (nSPS) is 17.0. The molecule has 1 saturated heterocycles. The fourth-order valence-electron chi connectivity index (χ4n) is 2.44. The number of aromatic nitrogens is 2. The number of hydrogen-bond donors (Lipinski definition) is 0. The van der Waals surface area contributed by atoms with Crippen molar-refractivity contribution in [2.75, 3.05) is 39.9 Å². The zero-order valence-corrected chi connectivity index (χ0v) is 12.9. The molecule has 2 heterocycles. The Labute approximate surface area is 125 Å². The van der Waals surface area contributed by atoms with Crippen LogP contribution in [-0.2, 0) is 22.5 Å². The predicted molar refractivity (Wildman–Crippen MR) is 76.6 cm³/mol. The molecular formula is C14H24N4O3. The van der Waals surface area contributed by atoms with Gasteiger partial charge in [-0.15, -0.1) is 0 Å². The molecule has 0 saturated carbocycles. The molecule has 0 aromatic carbocycles. The summed E-state index contributed by atoms with van der Waals surface area (Å²) >= 11 is 0. The van der Waals surface area contributed by atoms with E-state index in [2.05, 4.69) is 15.0 Å². The summed E-state index contributed by atoms with van der Waals surface area (Å²) < 4.78 is 10.3. The Balaban J connectivity index is 1.83. The van der Waals surface area contributed by atoms with E-state index >= 15 is 0 Å². The van der Waals surface area contributed by atoms with Gasteiger partial charge in [-0.05, 0) is 6.42 Å². The first-order chi connectivity index (χ1) is 10.2. The second-order valence-corrected chi connectivity index (χ2v) is 5.21. The van der Waals surface area contributed by atoms with Crippen LogP contribution in [0.4, 0.5) is 0 Å². The van der Waals surface area contributed by atoms with Crippen LogP contribution in [0.25, 0.3) is 0 Å². The van der Waals surface area contributed by atoms with E-state index in [1.165, 1.54) is 0 Å². The predicted octanol–water partition coefficient (Wildman–Crippen LogP) is 0.703. The summed E-state index contributed by atoms with van der Waals surface area (Å²) in [5.74, 6) is 1.55. The standard InChI is InChI=1S/C14H24N4O3/c1-3-14(19)18-7-4-6-17(8-9-18)11-13-15-12(16-21-13)5-10-20-2/h3-11H2,1-2H3. The average Bonchev–Trinajstić information content (AvgIpc) is 2.81. The molecule has 2 rings (SSSR count). The number of carbonyl (C=O) groups excluding carboxylic acids is 1. The Morgan fingerprint density at radius 2 is 2.19 bits per heavy atom. The van der Waals surface area contributed by atoms with Crippen LogP contribution in [0.2, 0.25) is 0 Å². The molecule has 0 atom stereocenters. The SMILES string of the molecule is CCC(=O)N1CCCN(Cc2nc(CCOC)no2)CC1. The third kappa shape index (κ3) is 4.78. The van der Waals surface area contributed by atoms with Crippen molar-refractivity contribution in [2.45, 2.75) is 32.7 Å². The van der Waals surface area contributed by atoms with Gasteiger partial charge in [-0.3, -0.25) is 9.69 Å². The Morgan fingerprint density at radius 1 is 1.33 bits per heavy atom. The summed E-state index contributed by atoms with van der Waals surface area (Å²) in [5, 5.41) is 3.94. The van der Waals surface area contributed by atoms with E-state index < -0.39 is 0 Å². The van der Waals surface area contributed by atoms with Gasteiger partial charge in [0.05, 0.1) is 13.2 Å². The molecule has 7 nitrogen and oxygen atoms in total. The van der Waals surface area contributed by atoms with Crippen LogP contribution in [0.3, 0.4) is 0 Å². The van der Waals surface area contributed by atoms with Gasteiger partial charge in [0, 0.05) is 46.1 Å². The van der Waals surface area contributed by atoms with Crippen LogP contribution in [-0.4, -0.2) is 65.7 Å². The Kier molecular flexibility index (Phi) is 6.13. The molecule has 1 aliphatic rings. The quantitative estimate of drug-likeness (QED) is 0.769. The first kappa shape index (κ1) is 15.9. The minimum absolute atomic E-state index is 0.233. The summed E-state index contributed by atoms with van der Waals surface area (Å²) in [6.45, 7) is 6.56. The Morgan fingerprint density at radius 3 is 2.95 bits per heavy atom. The van der Waals surface area contributed by atoms with Crippen molar-refractivity contribution in [1.82, 2.24) is 19.9 Å². The van der Waals surface area contributed by atoms with E-state index in [0.717, 1.165) is 32.6 Å². The molecule has 0 unspecified atom stereocenters. The molecule has 1 aliphatic heterocycles. The third-order valence-electron chi connectivity index (χ3n) is 3.64. The third-order valence-corrected chi connectivity index (χ3v) is 3.64. The largest absolute Gasteiger partial charge is 0.384 e. The summed E-state index contributed by atoms with van der Waals surface area (Å²) in [6, 6.07) is 0. The van der Waals surface area contributed by atoms with Crippen LogP contribution in [0.1, 0.15) is 31.5 Å². The highest BCUT2D eigenvalue weighted by Gasteiger charge is 2.19. The first-order valence-electron chi connectivity index (χ1n) is 7.53. The minimum Gasteiger partial charge on any atom is -0.384 e. The lowest BCUT2D eigenvalue weighted by molar-refractivity contribution is -0.130. The van der Waals surface area contributed by atoms with E-state index in [1.807, 2.05) is 11.8 Å². The second kappa shape index (κ2) is 8.09. The molecule has 1 fully saturated rings. The molecule has 1 aromatic heterocycles. The van der Waals surface area contributed by atoms with Gasteiger partial charge in [-0.1, -0.05) is 12.1 Å². The molecule has 0 bridgehead atoms. The maximum atomic E-state index is 11.7. The van der Waals surface area contributed by atoms with Gasteiger partial charge in [0.2, 0.25) is 11.8 Å². The smallest absolute Gasteiger partial charge is 0.240 e. The lowest BCUT2D eigenvalue weighted by Gasteiger charge is -2.20. The Bertz CT molecular complexity index is 449. The molecule has 0 spiro atoms. The zero-order chi connectivity index (χ0) is 15.1. The molecule has 7 heteroatoms. The first-order valence-corrected chi connectivity index (χ1v) is 7.53. The van der Waals surface area contributed by atoms with Crippen molar-refractivity contribution < 1.29 is 14.1 Å². The van der Waals surface area contributed by atoms with Gasteiger partial charge in [0.1, 0.15) is 0 Å². The minimum atomic E-state index is 0.233. The lowest BCUT2D eigenvalue weighted by atomic mass is 10.3. The summed E-state index contributed by atoms with van der Waals surface area (Å²) in [6.07, 6.45) is 2.22. The van der Waals surface area contributed by atoms with Crippen LogP contribution in [0.15, 0.2) is 4.52 Å². The van der Waals surface area contributed by atoms with Crippen molar-refractivity contribution in [3.05, 3.63) is 11.7 Å². The summed E-state index contributed by atoms with van der Waals surface area (Å²) in [4.78, 5) is 20.3. The molecule has 1 aromatic rings. The van der Waals surface area contributed by atoms with Crippen molar-refractivity contribution >= 4 is 5.91 Å².